The summed E-state index contributed by atoms with van der Waals surface area (Å²) in [6, 6.07) is 7.95. The lowest BCUT2D eigenvalue weighted by Gasteiger charge is -2.40. The molecule has 1 saturated heterocycles. The van der Waals surface area contributed by atoms with Crippen molar-refractivity contribution in [2.45, 2.75) is 45.4 Å². The molecule has 0 amide bonds. The van der Waals surface area contributed by atoms with Gasteiger partial charge in [0.25, 0.3) is 0 Å². The van der Waals surface area contributed by atoms with Gasteiger partial charge in [0.1, 0.15) is 0 Å². The fourth-order valence-electron chi connectivity index (χ4n) is 4.57. The third-order valence-corrected chi connectivity index (χ3v) is 6.94. The minimum absolute atomic E-state index is 0.572. The number of aryl methyl sites for hydroxylation is 1. The number of pyridine rings is 1. The maximum absolute atomic E-state index is 6.38. The van der Waals surface area contributed by atoms with Crippen LogP contribution in [0.3, 0.4) is 0 Å². The highest BCUT2D eigenvalue weighted by Gasteiger charge is 2.37. The molecule has 1 saturated carbocycles. The highest BCUT2D eigenvalue weighted by Crippen LogP contribution is 2.46. The van der Waals surface area contributed by atoms with E-state index < -0.39 is 0 Å². The van der Waals surface area contributed by atoms with Crippen molar-refractivity contribution in [3.05, 3.63) is 46.1 Å². The Morgan fingerprint density at radius 1 is 1.04 bits per heavy atom. The Kier molecular flexibility index (Phi) is 4.68. The molecule has 1 aromatic heterocycles. The molecule has 4 heteroatoms. The van der Waals surface area contributed by atoms with Crippen LogP contribution in [0.15, 0.2) is 30.5 Å². The summed E-state index contributed by atoms with van der Waals surface area (Å²) in [4.78, 5) is 7.22. The summed E-state index contributed by atoms with van der Waals surface area (Å²) in [5, 5.41) is 1.15. The second-order valence-corrected chi connectivity index (χ2v) is 8.44. The maximum atomic E-state index is 6.38. The molecule has 25 heavy (non-hydrogen) atoms. The molecule has 1 spiro atoms. The lowest BCUT2D eigenvalue weighted by Crippen LogP contribution is -2.38. The van der Waals surface area contributed by atoms with E-state index in [2.05, 4.69) is 17.9 Å². The van der Waals surface area contributed by atoms with Crippen molar-refractivity contribution in [2.24, 2.45) is 5.41 Å². The molecule has 2 aromatic rings. The molecule has 4 rings (SSSR count). The summed E-state index contributed by atoms with van der Waals surface area (Å²) in [7, 11) is 0. The Hall–Kier alpha value is -1.25. The van der Waals surface area contributed by atoms with E-state index in [-0.39, 0.29) is 0 Å². The van der Waals surface area contributed by atoms with E-state index in [4.69, 9.17) is 28.2 Å². The molecule has 0 N–H and O–H groups in total. The zero-order valence-electron chi connectivity index (χ0n) is 14.7. The summed E-state index contributed by atoms with van der Waals surface area (Å²) in [5.41, 5.74) is 4.84. The van der Waals surface area contributed by atoms with Crippen LogP contribution < -0.4 is 4.90 Å². The second-order valence-electron chi connectivity index (χ2n) is 7.65. The van der Waals surface area contributed by atoms with Gasteiger partial charge in [-0.3, -0.25) is 4.98 Å². The van der Waals surface area contributed by atoms with Gasteiger partial charge in [0.05, 0.1) is 27.6 Å². The van der Waals surface area contributed by atoms with Crippen molar-refractivity contribution in [2.75, 3.05) is 18.0 Å². The third-order valence-electron chi connectivity index (χ3n) is 6.12. The lowest BCUT2D eigenvalue weighted by molar-refractivity contribution is 0.226. The molecule has 0 radical (unpaired) electrons. The zero-order chi connectivity index (χ0) is 17.4. The summed E-state index contributed by atoms with van der Waals surface area (Å²) in [6.07, 6.45) is 10.4. The van der Waals surface area contributed by atoms with Gasteiger partial charge in [-0.05, 0) is 55.7 Å². The number of piperidine rings is 1. The van der Waals surface area contributed by atoms with Gasteiger partial charge in [0.15, 0.2) is 0 Å². The number of halogens is 2. The fourth-order valence-corrected chi connectivity index (χ4v) is 4.96. The molecule has 2 heterocycles. The molecule has 0 atom stereocenters. The summed E-state index contributed by atoms with van der Waals surface area (Å²) < 4.78 is 0. The second kappa shape index (κ2) is 6.81. The van der Waals surface area contributed by atoms with E-state index in [0.29, 0.717) is 15.5 Å². The van der Waals surface area contributed by atoms with Crippen molar-refractivity contribution in [3.8, 4) is 11.3 Å². The molecule has 0 unspecified atom stereocenters. The predicted molar refractivity (Wildman–Crippen MR) is 107 cm³/mol. The Bertz CT molecular complexity index is 771. The van der Waals surface area contributed by atoms with Gasteiger partial charge in [-0.2, -0.15) is 0 Å². The van der Waals surface area contributed by atoms with Crippen molar-refractivity contribution >= 4 is 28.9 Å². The SMILES string of the molecule is Cc1cc(N2CCC3(CCCC3)CC2)cnc1-c1cccc(Cl)c1Cl. The molecular weight excluding hydrogens is 351 g/mol. The van der Waals surface area contributed by atoms with Crippen LogP contribution in [0.25, 0.3) is 11.3 Å². The number of benzene rings is 1. The number of anilines is 1. The first-order valence-corrected chi connectivity index (χ1v) is 10.00. The van der Waals surface area contributed by atoms with Crippen LogP contribution in [0.1, 0.15) is 44.1 Å². The summed E-state index contributed by atoms with van der Waals surface area (Å²) in [6.45, 7) is 4.41. The maximum Gasteiger partial charge on any atom is 0.0748 e. The van der Waals surface area contributed by atoms with E-state index in [1.165, 1.54) is 44.2 Å². The van der Waals surface area contributed by atoms with E-state index in [9.17, 15) is 0 Å². The third kappa shape index (κ3) is 3.27. The lowest BCUT2D eigenvalue weighted by atomic mass is 9.77. The van der Waals surface area contributed by atoms with Gasteiger partial charge in [0.2, 0.25) is 0 Å². The Labute approximate surface area is 160 Å². The monoisotopic (exact) mass is 374 g/mol. The van der Waals surface area contributed by atoms with Gasteiger partial charge < -0.3 is 4.90 Å². The van der Waals surface area contributed by atoms with Gasteiger partial charge in [0, 0.05) is 18.7 Å². The van der Waals surface area contributed by atoms with Crippen LogP contribution in [0.2, 0.25) is 10.0 Å². The first kappa shape index (κ1) is 17.2. The number of aromatic nitrogens is 1. The van der Waals surface area contributed by atoms with Crippen LogP contribution >= 0.6 is 23.2 Å². The highest BCUT2D eigenvalue weighted by atomic mass is 35.5. The average Bonchev–Trinajstić information content (AvgIpc) is 3.06. The number of rotatable bonds is 2. The molecule has 2 nitrogen and oxygen atoms in total. The molecule has 2 aliphatic rings. The van der Waals surface area contributed by atoms with Gasteiger partial charge in [-0.15, -0.1) is 0 Å². The minimum atomic E-state index is 0.572. The fraction of sp³-hybridized carbons (Fsp3) is 0.476. The smallest absolute Gasteiger partial charge is 0.0748 e. The average molecular weight is 375 g/mol. The topological polar surface area (TPSA) is 16.1 Å². The largest absolute Gasteiger partial charge is 0.370 e. The number of hydrogen-bond donors (Lipinski definition) is 0. The van der Waals surface area contributed by atoms with Crippen LogP contribution in [-0.2, 0) is 0 Å². The molecule has 132 valence electrons. The van der Waals surface area contributed by atoms with Crippen molar-refractivity contribution in [3.63, 3.8) is 0 Å². The van der Waals surface area contributed by atoms with E-state index >= 15 is 0 Å². The minimum Gasteiger partial charge on any atom is -0.370 e. The first-order valence-electron chi connectivity index (χ1n) is 9.24. The molecule has 0 bridgehead atoms. The first-order chi connectivity index (χ1) is 12.1. The molecular formula is C21H24Cl2N2. The van der Waals surface area contributed by atoms with E-state index in [1.807, 2.05) is 24.4 Å². The van der Waals surface area contributed by atoms with E-state index in [0.717, 1.165) is 29.9 Å². The Balaban J connectivity index is 1.55. The number of hydrogen-bond acceptors (Lipinski definition) is 2. The van der Waals surface area contributed by atoms with Crippen LogP contribution in [0.4, 0.5) is 5.69 Å². The Morgan fingerprint density at radius 3 is 2.44 bits per heavy atom. The number of nitrogens with zero attached hydrogens (tertiary/aromatic N) is 2. The molecule has 1 aliphatic carbocycles. The standard InChI is InChI=1S/C21H24Cl2N2/c1-15-13-16(25-11-9-21(10-12-25)7-2-3-8-21)14-24-20(15)17-5-4-6-18(22)19(17)23/h4-6,13-14H,2-3,7-12H2,1H3. The van der Waals surface area contributed by atoms with Crippen molar-refractivity contribution in [1.82, 2.24) is 4.98 Å². The zero-order valence-corrected chi connectivity index (χ0v) is 16.2. The molecule has 1 aromatic carbocycles. The summed E-state index contributed by atoms with van der Waals surface area (Å²) >= 11 is 12.5. The van der Waals surface area contributed by atoms with Crippen LogP contribution in [0.5, 0.6) is 0 Å². The predicted octanol–water partition coefficient (Wildman–Crippen LogP) is 6.52. The molecule has 2 fully saturated rings. The van der Waals surface area contributed by atoms with Crippen LogP contribution in [0, 0.1) is 12.3 Å². The Morgan fingerprint density at radius 2 is 1.76 bits per heavy atom. The van der Waals surface area contributed by atoms with E-state index in [1.54, 1.807) is 0 Å². The van der Waals surface area contributed by atoms with Crippen molar-refractivity contribution in [1.29, 1.82) is 0 Å². The van der Waals surface area contributed by atoms with Gasteiger partial charge in [-0.1, -0.05) is 48.2 Å². The van der Waals surface area contributed by atoms with Gasteiger partial charge in [-0.25, -0.2) is 0 Å². The van der Waals surface area contributed by atoms with Gasteiger partial charge >= 0.3 is 0 Å². The van der Waals surface area contributed by atoms with Crippen molar-refractivity contribution < 1.29 is 0 Å². The van der Waals surface area contributed by atoms with Crippen LogP contribution in [-0.4, -0.2) is 18.1 Å². The highest BCUT2D eigenvalue weighted by molar-refractivity contribution is 6.43. The summed E-state index contributed by atoms with van der Waals surface area (Å²) in [5.74, 6) is 0. The normalized spacial score (nSPS) is 19.6. The molecule has 1 aliphatic heterocycles. The quantitative estimate of drug-likeness (QED) is 0.594.